The van der Waals surface area contributed by atoms with Crippen LogP contribution >= 0.6 is 25.2 Å². The van der Waals surface area contributed by atoms with Crippen LogP contribution in [0.15, 0.2) is 39.9 Å². The Kier molecular flexibility index (Phi) is 4.74. The first-order valence-electron chi connectivity index (χ1n) is 8.15. The highest BCUT2D eigenvalue weighted by molar-refractivity contribution is 9.10. The summed E-state index contributed by atoms with van der Waals surface area (Å²) in [6.07, 6.45) is 2.86. The molecule has 138 valence electrons. The van der Waals surface area contributed by atoms with Gasteiger partial charge in [-0.05, 0) is 30.3 Å². The molecule has 1 N–H and O–H groups in total. The van der Waals surface area contributed by atoms with Crippen molar-refractivity contribution in [1.29, 1.82) is 0 Å². The van der Waals surface area contributed by atoms with Crippen LogP contribution in [0.2, 0.25) is 0 Å². The minimum absolute atomic E-state index is 0.0355. The number of anilines is 1. The van der Waals surface area contributed by atoms with Crippen molar-refractivity contribution in [3.8, 4) is 0 Å². The predicted octanol–water partition coefficient (Wildman–Crippen LogP) is 2.46. The molecule has 0 saturated heterocycles. The largest absolute Gasteiger partial charge is 0.293 e. The van der Waals surface area contributed by atoms with Gasteiger partial charge in [-0.25, -0.2) is 19.0 Å². The standard InChI is InChI=1S/C17H14BrFN5O2P/c18-8-1-2-10-11(3-8)15(12-4-13(12)27)23-24(16(10)26)7-14(25)22-17-20-5-9(19)6-21-17/h1-3,5-6,12-13H,4,7,27H2,(H,20,21,22,25)/t12-,13-/m0/s1. The van der Waals surface area contributed by atoms with Crippen LogP contribution in [0.5, 0.6) is 0 Å². The van der Waals surface area contributed by atoms with Gasteiger partial charge < -0.3 is 0 Å². The van der Waals surface area contributed by atoms with Crippen LogP contribution in [0.1, 0.15) is 18.0 Å². The maximum atomic E-state index is 12.9. The maximum Gasteiger partial charge on any atom is 0.275 e. The highest BCUT2D eigenvalue weighted by atomic mass is 79.9. The second-order valence-corrected chi connectivity index (χ2v) is 8.09. The minimum atomic E-state index is -0.604. The molecule has 1 aliphatic carbocycles. The summed E-state index contributed by atoms with van der Waals surface area (Å²) in [6, 6.07) is 5.39. The quantitative estimate of drug-likeness (QED) is 0.617. The smallest absolute Gasteiger partial charge is 0.275 e. The Balaban J connectivity index is 1.68. The molecular formula is C17H14BrFN5O2P. The Morgan fingerprint density at radius 2 is 2.04 bits per heavy atom. The molecule has 4 rings (SSSR count). The lowest BCUT2D eigenvalue weighted by atomic mass is 10.1. The van der Waals surface area contributed by atoms with Crippen molar-refractivity contribution in [2.45, 2.75) is 24.5 Å². The molecule has 10 heteroatoms. The van der Waals surface area contributed by atoms with Gasteiger partial charge in [-0.15, -0.1) is 9.24 Å². The first-order valence-corrected chi connectivity index (χ1v) is 9.61. The molecule has 0 bridgehead atoms. The number of hydrogen-bond donors (Lipinski definition) is 1. The van der Waals surface area contributed by atoms with Crippen LogP contribution in [0, 0.1) is 5.82 Å². The Bertz CT molecular complexity index is 1100. The molecule has 2 aromatic heterocycles. The van der Waals surface area contributed by atoms with Gasteiger partial charge >= 0.3 is 0 Å². The van der Waals surface area contributed by atoms with Crippen LogP contribution in [-0.2, 0) is 11.3 Å². The van der Waals surface area contributed by atoms with Gasteiger partial charge in [0.05, 0.1) is 23.5 Å². The van der Waals surface area contributed by atoms with Crippen LogP contribution in [-0.4, -0.2) is 31.3 Å². The van der Waals surface area contributed by atoms with Gasteiger partial charge in [0, 0.05) is 15.8 Å². The zero-order valence-electron chi connectivity index (χ0n) is 13.9. The highest BCUT2D eigenvalue weighted by Crippen LogP contribution is 2.47. The highest BCUT2D eigenvalue weighted by Gasteiger charge is 2.37. The van der Waals surface area contributed by atoms with Gasteiger partial charge in [-0.1, -0.05) is 15.9 Å². The molecule has 3 atom stereocenters. The molecule has 0 radical (unpaired) electrons. The third-order valence-corrected chi connectivity index (χ3v) is 5.54. The second-order valence-electron chi connectivity index (χ2n) is 6.32. The molecule has 1 fully saturated rings. The number of fused-ring (bicyclic) bond motifs is 1. The molecule has 1 amide bonds. The summed E-state index contributed by atoms with van der Waals surface area (Å²) in [6.45, 7) is -0.285. The fraction of sp³-hybridized carbons (Fsp3) is 0.235. The van der Waals surface area contributed by atoms with Crippen molar-refractivity contribution in [3.63, 3.8) is 0 Å². The fourth-order valence-corrected chi connectivity index (χ4v) is 3.71. The maximum absolute atomic E-state index is 12.9. The van der Waals surface area contributed by atoms with Crippen molar-refractivity contribution < 1.29 is 9.18 Å². The molecule has 0 spiro atoms. The first kappa shape index (κ1) is 18.1. The summed E-state index contributed by atoms with van der Waals surface area (Å²) in [5.74, 6) is -0.918. The van der Waals surface area contributed by atoms with E-state index in [1.165, 1.54) is 0 Å². The van der Waals surface area contributed by atoms with Crippen LogP contribution < -0.4 is 10.9 Å². The van der Waals surface area contributed by atoms with Crippen LogP contribution in [0.4, 0.5) is 10.3 Å². The van der Waals surface area contributed by atoms with Crippen LogP contribution in [0.25, 0.3) is 10.8 Å². The SMILES string of the molecule is O=C(Cn1nc([C@H]2C[C@@H]2P)c2cc(Br)ccc2c1=O)Nc1ncc(F)cn1. The fourth-order valence-electron chi connectivity index (χ4n) is 2.87. The zero-order valence-corrected chi connectivity index (χ0v) is 16.6. The normalized spacial score (nSPS) is 18.5. The van der Waals surface area contributed by atoms with Gasteiger partial charge in [0.2, 0.25) is 11.9 Å². The number of nitrogens with one attached hydrogen (secondary N) is 1. The van der Waals surface area contributed by atoms with Gasteiger partial charge in [-0.3, -0.25) is 14.9 Å². The molecule has 1 aliphatic rings. The number of aromatic nitrogens is 4. The summed E-state index contributed by atoms with van der Waals surface area (Å²) >= 11 is 3.43. The summed E-state index contributed by atoms with van der Waals surface area (Å²) in [5.41, 5.74) is 0.862. The van der Waals surface area contributed by atoms with E-state index in [4.69, 9.17) is 0 Å². The number of carbonyl (C=O) groups is 1. The van der Waals surface area contributed by atoms with E-state index in [2.05, 4.69) is 45.6 Å². The third kappa shape index (κ3) is 3.75. The number of halogens is 2. The average Bonchev–Trinajstić information content (AvgIpc) is 3.35. The molecular weight excluding hydrogens is 436 g/mol. The Labute approximate surface area is 163 Å². The topological polar surface area (TPSA) is 89.8 Å². The minimum Gasteiger partial charge on any atom is -0.293 e. The van der Waals surface area contributed by atoms with E-state index in [1.807, 2.05) is 6.07 Å². The Morgan fingerprint density at radius 3 is 2.70 bits per heavy atom. The second kappa shape index (κ2) is 7.05. The summed E-state index contributed by atoms with van der Waals surface area (Å²) in [4.78, 5) is 32.4. The number of hydrogen-bond acceptors (Lipinski definition) is 5. The molecule has 1 unspecified atom stereocenters. The summed E-state index contributed by atoms with van der Waals surface area (Å²) in [7, 11) is 2.77. The molecule has 1 saturated carbocycles. The first-order chi connectivity index (χ1) is 12.9. The molecule has 27 heavy (non-hydrogen) atoms. The van der Waals surface area contributed by atoms with Gasteiger partial charge in [0.25, 0.3) is 5.56 Å². The summed E-state index contributed by atoms with van der Waals surface area (Å²) < 4.78 is 14.9. The lowest BCUT2D eigenvalue weighted by Gasteiger charge is -2.11. The molecule has 7 nitrogen and oxygen atoms in total. The number of amides is 1. The Hall–Kier alpha value is -2.25. The van der Waals surface area contributed by atoms with Gasteiger partial charge in [0.1, 0.15) is 6.54 Å². The van der Waals surface area contributed by atoms with Crippen molar-refractivity contribution in [2.24, 2.45) is 0 Å². The van der Waals surface area contributed by atoms with Gasteiger partial charge in [0.15, 0.2) is 5.82 Å². The molecule has 1 aromatic carbocycles. The number of benzene rings is 1. The Morgan fingerprint density at radius 1 is 1.33 bits per heavy atom. The van der Waals surface area contributed by atoms with Crippen molar-refractivity contribution >= 4 is 47.8 Å². The van der Waals surface area contributed by atoms with E-state index in [-0.39, 0.29) is 24.0 Å². The van der Waals surface area contributed by atoms with Crippen molar-refractivity contribution in [3.05, 3.63) is 56.9 Å². The molecule has 3 aromatic rings. The van der Waals surface area contributed by atoms with E-state index in [1.54, 1.807) is 12.1 Å². The van der Waals surface area contributed by atoms with Crippen molar-refractivity contribution in [1.82, 2.24) is 19.7 Å². The predicted molar refractivity (Wildman–Crippen MR) is 105 cm³/mol. The lowest BCUT2D eigenvalue weighted by molar-refractivity contribution is -0.117. The average molecular weight is 450 g/mol. The number of rotatable bonds is 4. The zero-order chi connectivity index (χ0) is 19.1. The third-order valence-electron chi connectivity index (χ3n) is 4.31. The van der Waals surface area contributed by atoms with Gasteiger partial charge in [-0.2, -0.15) is 5.10 Å². The van der Waals surface area contributed by atoms with Crippen molar-refractivity contribution in [2.75, 3.05) is 5.32 Å². The molecule has 0 aliphatic heterocycles. The summed E-state index contributed by atoms with van der Waals surface area (Å²) in [5, 5.41) is 8.20. The molecule has 2 heterocycles. The van der Waals surface area contributed by atoms with E-state index in [0.717, 1.165) is 39.0 Å². The van der Waals surface area contributed by atoms with E-state index >= 15 is 0 Å². The van der Waals surface area contributed by atoms with E-state index in [9.17, 15) is 14.0 Å². The van der Waals surface area contributed by atoms with E-state index < -0.39 is 11.7 Å². The monoisotopic (exact) mass is 449 g/mol. The van der Waals surface area contributed by atoms with Crippen LogP contribution in [0.3, 0.4) is 0 Å². The number of nitrogens with zero attached hydrogens (tertiary/aromatic N) is 4. The number of carbonyl (C=O) groups excluding carboxylic acids is 1. The lowest BCUT2D eigenvalue weighted by Crippen LogP contribution is -2.31. The van der Waals surface area contributed by atoms with E-state index in [0.29, 0.717) is 11.0 Å².